The van der Waals surface area contributed by atoms with Gasteiger partial charge in [0.2, 0.25) is 11.8 Å². The minimum Gasteiger partial charge on any atom is -0.350 e. The molecule has 0 radical (unpaired) electrons. The topological polar surface area (TPSA) is 84.3 Å². The molecule has 0 aliphatic carbocycles. The number of aromatic nitrogens is 2. The molecule has 0 spiro atoms. The van der Waals surface area contributed by atoms with E-state index >= 15 is 0 Å². The van der Waals surface area contributed by atoms with Gasteiger partial charge in [-0.25, -0.2) is 4.39 Å². The predicted octanol–water partition coefficient (Wildman–Crippen LogP) is 4.98. The second kappa shape index (κ2) is 12.6. The fraction of sp³-hybridized carbons (Fsp3) is 0.226. The fourth-order valence-corrected chi connectivity index (χ4v) is 4.45. The summed E-state index contributed by atoms with van der Waals surface area (Å²) in [6.45, 7) is 4.77. The summed E-state index contributed by atoms with van der Waals surface area (Å²) in [5.74, 6) is 4.69. The molecule has 7 nitrogen and oxygen atoms in total. The minimum absolute atomic E-state index is 0.0257. The number of Topliss-reactive ketones (excluding diaryl/α,β-unsaturated/α-hetero) is 1. The van der Waals surface area contributed by atoms with Gasteiger partial charge in [-0.05, 0) is 57.2 Å². The Kier molecular flexibility index (Phi) is 8.97. The van der Waals surface area contributed by atoms with Gasteiger partial charge in [-0.3, -0.25) is 19.4 Å². The van der Waals surface area contributed by atoms with Crippen molar-refractivity contribution in [3.63, 3.8) is 0 Å². The van der Waals surface area contributed by atoms with Crippen LogP contribution in [0.3, 0.4) is 0 Å². The Morgan fingerprint density at radius 1 is 1.10 bits per heavy atom. The second-order valence-corrected chi connectivity index (χ2v) is 9.96. The van der Waals surface area contributed by atoms with E-state index in [-0.39, 0.29) is 48.0 Å². The van der Waals surface area contributed by atoms with Crippen LogP contribution in [-0.4, -0.2) is 44.6 Å². The lowest BCUT2D eigenvalue weighted by Crippen LogP contribution is -2.45. The van der Waals surface area contributed by atoms with E-state index in [2.05, 4.69) is 22.1 Å². The number of halogens is 2. The molecule has 0 bridgehead atoms. The number of carbonyl (C=O) groups is 3. The van der Waals surface area contributed by atoms with Crippen molar-refractivity contribution in [3.8, 4) is 11.8 Å². The Morgan fingerprint density at radius 2 is 1.88 bits per heavy atom. The Labute approximate surface area is 237 Å². The van der Waals surface area contributed by atoms with E-state index in [1.54, 1.807) is 35.3 Å². The van der Waals surface area contributed by atoms with Gasteiger partial charge in [0, 0.05) is 64.3 Å². The van der Waals surface area contributed by atoms with E-state index in [9.17, 15) is 18.8 Å². The van der Waals surface area contributed by atoms with Crippen LogP contribution < -0.4 is 5.32 Å². The summed E-state index contributed by atoms with van der Waals surface area (Å²) in [6.07, 6.45) is 5.00. The predicted molar refractivity (Wildman–Crippen MR) is 152 cm³/mol. The number of benzene rings is 2. The maximum Gasteiger partial charge on any atom is 0.243 e. The van der Waals surface area contributed by atoms with E-state index in [0.717, 1.165) is 11.1 Å². The monoisotopic (exact) mass is 558 g/mol. The molecule has 40 heavy (non-hydrogen) atoms. The Hall–Kier alpha value is -4.48. The standard InChI is InChI=1S/C31H28ClFN4O3/c1-20(2)37(18-29(39)35-16-24-7-4-8-27(32)31(24)33)30(40)19-36-17-26(21(3)38)25-14-22(11-12-28(25)36)9-10-23-6-5-13-34-15-23/h4-8,11-15,17,20H,16,18-19H2,1-3H3,(H,35,39). The largest absolute Gasteiger partial charge is 0.350 e. The minimum atomic E-state index is -0.590. The first-order valence-electron chi connectivity index (χ1n) is 12.7. The van der Waals surface area contributed by atoms with Crippen LogP contribution in [0.4, 0.5) is 4.39 Å². The summed E-state index contributed by atoms with van der Waals surface area (Å²) in [5, 5.41) is 3.31. The molecule has 2 aromatic heterocycles. The fourth-order valence-electron chi connectivity index (χ4n) is 4.25. The zero-order valence-corrected chi connectivity index (χ0v) is 23.1. The van der Waals surface area contributed by atoms with Gasteiger partial charge in [0.25, 0.3) is 0 Å². The van der Waals surface area contributed by atoms with Crippen LogP contribution in [0, 0.1) is 17.7 Å². The molecular formula is C31H28ClFN4O3. The first-order valence-corrected chi connectivity index (χ1v) is 13.1. The van der Waals surface area contributed by atoms with Gasteiger partial charge in [-0.1, -0.05) is 35.6 Å². The van der Waals surface area contributed by atoms with Crippen LogP contribution in [0.5, 0.6) is 0 Å². The number of rotatable bonds is 8. The first kappa shape index (κ1) is 28.5. The molecule has 4 rings (SSSR count). The number of nitrogens with one attached hydrogen (secondary N) is 1. The van der Waals surface area contributed by atoms with Crippen LogP contribution in [0.2, 0.25) is 5.02 Å². The smallest absolute Gasteiger partial charge is 0.243 e. The van der Waals surface area contributed by atoms with Crippen LogP contribution in [-0.2, 0) is 22.7 Å². The third kappa shape index (κ3) is 6.74. The summed E-state index contributed by atoms with van der Waals surface area (Å²) >= 11 is 5.81. The van der Waals surface area contributed by atoms with Crippen molar-refractivity contribution in [3.05, 3.63) is 100 Å². The van der Waals surface area contributed by atoms with E-state index in [4.69, 9.17) is 11.6 Å². The second-order valence-electron chi connectivity index (χ2n) is 9.56. The number of pyridine rings is 1. The van der Waals surface area contributed by atoms with Gasteiger partial charge in [0.1, 0.15) is 12.4 Å². The first-order chi connectivity index (χ1) is 19.1. The van der Waals surface area contributed by atoms with Crippen molar-refractivity contribution >= 4 is 40.1 Å². The molecule has 2 amide bonds. The van der Waals surface area contributed by atoms with E-state index in [1.807, 2.05) is 38.1 Å². The zero-order chi connectivity index (χ0) is 28.8. The van der Waals surface area contributed by atoms with Crippen molar-refractivity contribution in [1.29, 1.82) is 0 Å². The summed E-state index contributed by atoms with van der Waals surface area (Å²) in [5.41, 5.74) is 2.93. The molecule has 204 valence electrons. The number of ketones is 1. The zero-order valence-electron chi connectivity index (χ0n) is 22.4. The lowest BCUT2D eigenvalue weighted by molar-refractivity contribution is -0.138. The molecule has 0 saturated heterocycles. The van der Waals surface area contributed by atoms with Crippen molar-refractivity contribution in [1.82, 2.24) is 19.8 Å². The SMILES string of the molecule is CC(=O)c1cn(CC(=O)N(CC(=O)NCc2cccc(Cl)c2F)C(C)C)c2ccc(C#Cc3cccnc3)cc12. The highest BCUT2D eigenvalue weighted by Crippen LogP contribution is 2.24. The molecule has 0 unspecified atom stereocenters. The Morgan fingerprint density at radius 3 is 2.58 bits per heavy atom. The van der Waals surface area contributed by atoms with Crippen LogP contribution in [0.1, 0.15) is 47.8 Å². The number of hydrogen-bond acceptors (Lipinski definition) is 4. The van der Waals surface area contributed by atoms with Crippen molar-refractivity contribution in [2.45, 2.75) is 39.9 Å². The van der Waals surface area contributed by atoms with Crippen molar-refractivity contribution < 1.29 is 18.8 Å². The molecule has 0 aliphatic heterocycles. The Balaban J connectivity index is 1.51. The molecule has 0 aliphatic rings. The average Bonchev–Trinajstić information content (AvgIpc) is 3.29. The molecular weight excluding hydrogens is 531 g/mol. The lowest BCUT2D eigenvalue weighted by atomic mass is 10.1. The third-order valence-corrected chi connectivity index (χ3v) is 6.64. The number of fused-ring (bicyclic) bond motifs is 1. The molecule has 0 atom stereocenters. The molecule has 0 fully saturated rings. The molecule has 4 aromatic rings. The number of nitrogens with zero attached hydrogens (tertiary/aromatic N) is 3. The van der Waals surface area contributed by atoms with Crippen LogP contribution in [0.15, 0.2) is 67.1 Å². The van der Waals surface area contributed by atoms with E-state index in [0.29, 0.717) is 16.5 Å². The quantitative estimate of drug-likeness (QED) is 0.244. The number of amides is 2. The Bertz CT molecular complexity index is 1640. The van der Waals surface area contributed by atoms with Gasteiger partial charge < -0.3 is 14.8 Å². The van der Waals surface area contributed by atoms with Crippen molar-refractivity contribution in [2.24, 2.45) is 0 Å². The van der Waals surface area contributed by atoms with Crippen molar-refractivity contribution in [2.75, 3.05) is 6.54 Å². The highest BCUT2D eigenvalue weighted by Gasteiger charge is 2.22. The highest BCUT2D eigenvalue weighted by atomic mass is 35.5. The normalized spacial score (nSPS) is 10.8. The lowest BCUT2D eigenvalue weighted by Gasteiger charge is -2.26. The maximum absolute atomic E-state index is 14.2. The molecule has 2 aromatic carbocycles. The molecule has 2 heterocycles. The van der Waals surface area contributed by atoms with Gasteiger partial charge in [-0.15, -0.1) is 0 Å². The van der Waals surface area contributed by atoms with Gasteiger partial charge in [0.15, 0.2) is 5.78 Å². The summed E-state index contributed by atoms with van der Waals surface area (Å²) in [7, 11) is 0. The molecule has 9 heteroatoms. The average molecular weight is 559 g/mol. The van der Waals surface area contributed by atoms with E-state index in [1.165, 1.54) is 24.0 Å². The number of carbonyl (C=O) groups excluding carboxylic acids is 3. The summed E-state index contributed by atoms with van der Waals surface area (Å²) in [6, 6.07) is 13.5. The van der Waals surface area contributed by atoms with E-state index < -0.39 is 11.7 Å². The number of hydrogen-bond donors (Lipinski definition) is 1. The molecule has 1 N–H and O–H groups in total. The third-order valence-electron chi connectivity index (χ3n) is 6.34. The van der Waals surface area contributed by atoms with Crippen LogP contribution in [0.25, 0.3) is 10.9 Å². The maximum atomic E-state index is 14.2. The molecule has 0 saturated carbocycles. The van der Waals surface area contributed by atoms with Gasteiger partial charge in [-0.2, -0.15) is 0 Å². The summed E-state index contributed by atoms with van der Waals surface area (Å²) < 4.78 is 15.9. The summed E-state index contributed by atoms with van der Waals surface area (Å²) in [4.78, 5) is 43.9. The van der Waals surface area contributed by atoms with Gasteiger partial charge in [0.05, 0.1) is 11.6 Å². The van der Waals surface area contributed by atoms with Gasteiger partial charge >= 0.3 is 0 Å². The van der Waals surface area contributed by atoms with Crippen LogP contribution >= 0.6 is 11.6 Å². The highest BCUT2D eigenvalue weighted by molar-refractivity contribution is 6.30.